The van der Waals surface area contributed by atoms with E-state index in [1.807, 2.05) is 0 Å². The Morgan fingerprint density at radius 1 is 0.397 bits per heavy atom. The molecule has 11 atom stereocenters. The lowest BCUT2D eigenvalue weighted by molar-refractivity contribution is -0.385. The van der Waals surface area contributed by atoms with Gasteiger partial charge in [-0.1, -0.05) is 0 Å². The highest BCUT2D eigenvalue weighted by molar-refractivity contribution is 5.96. The third-order valence-electron chi connectivity index (χ3n) is 20.8. The zero-order valence-corrected chi connectivity index (χ0v) is 70.6. The number of aliphatic hydroxyl groups excluding tert-OH is 8. The number of alkyl carbamates (subject to hydrolysis) is 2. The van der Waals surface area contributed by atoms with Crippen LogP contribution >= 0.6 is 0 Å². The number of hydrogen-bond donors (Lipinski definition) is 17. The number of hydrogen-bond acceptors (Lipinski definition) is 41. The number of piperazine rings is 2. The molecule has 4 fully saturated rings. The Kier molecular flexibility index (Phi) is 45.1. The third-order valence-corrected chi connectivity index (χ3v) is 20.8. The van der Waals surface area contributed by atoms with Crippen LogP contribution in [0.5, 0.6) is 11.5 Å². The minimum absolute atomic E-state index is 0.0889. The maximum absolute atomic E-state index is 13.1. The van der Waals surface area contributed by atoms with Crippen molar-refractivity contribution in [1.29, 1.82) is 0 Å². The van der Waals surface area contributed by atoms with Crippen LogP contribution in [-0.2, 0) is 47.4 Å². The van der Waals surface area contributed by atoms with Crippen LogP contribution in [-0.4, -0.2) is 398 Å². The molecule has 0 aromatic heterocycles. The molecule has 0 saturated carbocycles. The minimum atomic E-state index is -1.76. The van der Waals surface area contributed by atoms with Gasteiger partial charge in [0.05, 0.1) is 94.1 Å². The normalized spacial score (nSPS) is 21.0. The third kappa shape index (κ3) is 34.1. The summed E-state index contributed by atoms with van der Waals surface area (Å²) >= 11 is 0. The van der Waals surface area contributed by atoms with Crippen LogP contribution in [0.1, 0.15) is 72.1 Å². The Hall–Kier alpha value is -9.16. The molecule has 4 aliphatic heterocycles. The highest BCUT2D eigenvalue weighted by Crippen LogP contribution is 2.31. The molecule has 0 radical (unpaired) electrons. The standard InChI is InChI=1S/C79H123N15O32/c80-53(49-121-78(109)87-15-7-31-117-35-39-119-37-33-115-29-5-13-83-62-60(66(99)68(62)101)81-9-1-17-89-21-25-91(26-22-89)19-3-11-85-74(107)51-41-54(93(111)112)45-56(43-51)123-76-72(105)70(103)64(97)58(47-95)125-76)50-122-79(110)88-16-8-32-118-36-40-120-38-34-116-30-6-14-84-63-61(67(100)69(63)102)82-10-2-18-90-23-27-92(28-24-90)20-4-12-86-75(108)52-42-55(94(113)114)46-57(44-52)124-77-73(106)71(104)65(98)59(48-96)126-77/h41-46,53,58-59,64-65,70-73,76-77,81-84,95-98,103-106H,1-40,47-50,80H2,(H,85,107)(H,86,108)(H,87,109)(H,88,110)/t53?,58-,59?,64+,65?,70+,71?,72-,73?,76+,77?/m1/s1. The van der Waals surface area contributed by atoms with Gasteiger partial charge in [0.15, 0.2) is 0 Å². The molecule has 8 rings (SSSR count). The van der Waals surface area contributed by atoms with Crippen molar-refractivity contribution in [3.8, 4) is 11.5 Å². The lowest BCUT2D eigenvalue weighted by Crippen LogP contribution is -2.60. The van der Waals surface area contributed by atoms with E-state index in [9.17, 15) is 99.4 Å². The molecule has 47 nitrogen and oxygen atoms in total. The topological polar surface area (TPSA) is 631 Å². The van der Waals surface area contributed by atoms with Crippen molar-refractivity contribution in [3.63, 3.8) is 0 Å². The van der Waals surface area contributed by atoms with Gasteiger partial charge in [-0.15, -0.1) is 0 Å². The van der Waals surface area contributed by atoms with Gasteiger partial charge in [-0.25, -0.2) is 9.59 Å². The Bertz CT molecular complexity index is 3850. The number of benzene rings is 2. The number of amides is 4. The molecule has 4 amide bonds. The van der Waals surface area contributed by atoms with Gasteiger partial charge in [-0.3, -0.25) is 49.0 Å². The van der Waals surface area contributed by atoms with Crippen molar-refractivity contribution in [2.24, 2.45) is 5.73 Å². The number of carbonyl (C=O) groups is 4. The van der Waals surface area contributed by atoms with Gasteiger partial charge in [0.2, 0.25) is 12.6 Å². The van der Waals surface area contributed by atoms with E-state index in [1.165, 1.54) is 12.1 Å². The SMILES string of the molecule is NC(COC(=O)NCCCOCCOCCOCCCNc1c(NCCCN2CCN(CCCNC(=O)c3cc(OC4OC(CO)C(O)C(O)C4O)cc([N+](=O)[O-])c3)CC2)c(=O)c1=O)COC(=O)NCCCOCCOCCOCCCNc1c(NCCCN2CCN(CCCNC(=O)c3cc(O[C@H]4O[C@H](CO)[C@H](O)[C@H](O)[C@H]4O)cc([N+](=O)[O-])c3)CC2)c(=O)c1=O. The molecule has 126 heavy (non-hydrogen) atoms. The van der Waals surface area contributed by atoms with Gasteiger partial charge in [0, 0.05) is 154 Å². The molecule has 18 N–H and O–H groups in total. The number of rotatable bonds is 62. The van der Waals surface area contributed by atoms with Crippen molar-refractivity contribution >= 4 is 58.1 Å². The Morgan fingerprint density at radius 3 is 0.976 bits per heavy atom. The molecule has 4 aromatic carbocycles. The second-order valence-electron chi connectivity index (χ2n) is 30.3. The van der Waals surface area contributed by atoms with Gasteiger partial charge < -0.3 is 166 Å². The van der Waals surface area contributed by atoms with E-state index >= 15 is 0 Å². The van der Waals surface area contributed by atoms with Crippen molar-refractivity contribution in [2.75, 3.05) is 258 Å². The average Bonchev–Trinajstić information content (AvgIpc) is 1.28. The predicted octanol–water partition coefficient (Wildman–Crippen LogP) is -4.50. The van der Waals surface area contributed by atoms with E-state index in [4.69, 9.17) is 62.6 Å². The van der Waals surface area contributed by atoms with E-state index in [0.717, 1.165) is 103 Å². The lowest BCUT2D eigenvalue weighted by atomic mass is 9.99. The first-order valence-electron chi connectivity index (χ1n) is 42.5. The van der Waals surface area contributed by atoms with Gasteiger partial charge in [0.25, 0.3) is 44.9 Å². The lowest BCUT2D eigenvalue weighted by Gasteiger charge is -2.39. The monoisotopic (exact) mass is 1790 g/mol. The molecule has 4 aliphatic rings. The number of ether oxygens (including phenoxy) is 12. The van der Waals surface area contributed by atoms with Crippen LogP contribution in [0.4, 0.5) is 43.7 Å². The van der Waals surface area contributed by atoms with Crippen molar-refractivity contribution < 1.29 is 127 Å². The first kappa shape index (κ1) is 102. The average molecular weight is 1790 g/mol. The van der Waals surface area contributed by atoms with Crippen LogP contribution in [0.2, 0.25) is 0 Å². The number of carbonyl (C=O) groups excluding carboxylic acids is 4. The van der Waals surface area contributed by atoms with E-state index in [1.54, 1.807) is 0 Å². The summed E-state index contributed by atoms with van der Waals surface area (Å²) in [7, 11) is 0. The van der Waals surface area contributed by atoms with Crippen molar-refractivity contribution in [2.45, 2.75) is 119 Å². The summed E-state index contributed by atoms with van der Waals surface area (Å²) in [6.45, 7) is 14.7. The van der Waals surface area contributed by atoms with Crippen LogP contribution in [0.3, 0.4) is 0 Å². The van der Waals surface area contributed by atoms with E-state index < -0.39 is 148 Å². The molecule has 4 aromatic rings. The summed E-state index contributed by atoms with van der Waals surface area (Å²) in [6, 6.07) is 5.86. The van der Waals surface area contributed by atoms with E-state index in [-0.39, 0.29) is 84.8 Å². The summed E-state index contributed by atoms with van der Waals surface area (Å²) in [6.07, 6.45) is -12.5. The largest absolute Gasteiger partial charge is 0.462 e. The summed E-state index contributed by atoms with van der Waals surface area (Å²) in [5, 5.41) is 126. The number of anilines is 4. The number of nitrogens with one attached hydrogen (secondary N) is 8. The molecule has 6 unspecified atom stereocenters. The van der Waals surface area contributed by atoms with Crippen molar-refractivity contribution in [3.05, 3.63) is 109 Å². The molecular formula is C79H123N15O32. The number of nitro benzene ring substituents is 2. The maximum atomic E-state index is 13.1. The number of aliphatic hydroxyl groups is 8. The van der Waals surface area contributed by atoms with E-state index in [0.29, 0.717) is 157 Å². The zero-order valence-electron chi connectivity index (χ0n) is 70.6. The van der Waals surface area contributed by atoms with Gasteiger partial charge in [-0.05, 0) is 89.7 Å². The first-order chi connectivity index (χ1) is 60.8. The summed E-state index contributed by atoms with van der Waals surface area (Å²) in [4.78, 5) is 131. The Labute approximate surface area is 725 Å². The molecule has 0 aliphatic carbocycles. The smallest absolute Gasteiger partial charge is 0.407 e. The number of nitrogens with two attached hydrogens (primary N) is 1. The molecule has 0 spiro atoms. The summed E-state index contributed by atoms with van der Waals surface area (Å²) < 4.78 is 65.4. The molecule has 0 bridgehead atoms. The summed E-state index contributed by atoms with van der Waals surface area (Å²) in [5.41, 5.74) is 3.67. The quantitative estimate of drug-likeness (QED) is 0.00857. The Balaban J connectivity index is 0.515. The molecule has 4 saturated heterocycles. The zero-order chi connectivity index (χ0) is 90.7. The molecule has 4 heterocycles. The van der Waals surface area contributed by atoms with E-state index in [2.05, 4.69) is 62.1 Å². The fraction of sp³-hybridized carbons (Fsp3) is 0.696. The fourth-order valence-electron chi connectivity index (χ4n) is 13.7. The first-order valence-corrected chi connectivity index (χ1v) is 42.5. The Morgan fingerprint density at radius 2 is 0.675 bits per heavy atom. The van der Waals surface area contributed by atoms with Crippen LogP contribution < -0.4 is 79.5 Å². The highest BCUT2D eigenvalue weighted by Gasteiger charge is 2.46. The van der Waals surface area contributed by atoms with Crippen LogP contribution in [0.15, 0.2) is 55.6 Å². The summed E-state index contributed by atoms with van der Waals surface area (Å²) in [5.74, 6) is -1.63. The fourth-order valence-corrected chi connectivity index (χ4v) is 13.7. The van der Waals surface area contributed by atoms with Crippen LogP contribution in [0.25, 0.3) is 0 Å². The van der Waals surface area contributed by atoms with Gasteiger partial charge >= 0.3 is 12.2 Å². The molecular weight excluding hydrogens is 1670 g/mol. The predicted molar refractivity (Wildman–Crippen MR) is 451 cm³/mol. The van der Waals surface area contributed by atoms with Gasteiger partial charge in [0.1, 0.15) is 96.3 Å². The molecule has 47 heteroatoms. The number of nitro groups is 2. The minimum Gasteiger partial charge on any atom is -0.462 e. The maximum Gasteiger partial charge on any atom is 0.407 e. The van der Waals surface area contributed by atoms with Crippen LogP contribution in [0, 0.1) is 20.2 Å². The highest BCUT2D eigenvalue weighted by atomic mass is 16.7. The molecule has 706 valence electrons. The number of nitrogens with zero attached hydrogens (tertiary/aromatic N) is 6. The second-order valence-corrected chi connectivity index (χ2v) is 30.3. The van der Waals surface area contributed by atoms with Gasteiger partial charge in [-0.2, -0.15) is 0 Å². The number of non-ortho nitro benzene ring substituents is 2. The second kappa shape index (κ2) is 55.5. The van der Waals surface area contributed by atoms with Crippen molar-refractivity contribution in [1.82, 2.24) is 40.9 Å².